The maximum absolute atomic E-state index is 5.40. The van der Waals surface area contributed by atoms with Crippen molar-refractivity contribution >= 4 is 0 Å². The lowest BCUT2D eigenvalue weighted by atomic mass is 9.84. The van der Waals surface area contributed by atoms with Gasteiger partial charge < -0.3 is 4.74 Å². The smallest absolute Gasteiger partial charge is 0.0574 e. The molecule has 2 unspecified atom stereocenters. The Labute approximate surface area is 123 Å². The third-order valence-electron chi connectivity index (χ3n) is 3.74. The van der Waals surface area contributed by atoms with Crippen molar-refractivity contribution in [2.75, 3.05) is 7.11 Å². The first-order valence-corrected chi connectivity index (χ1v) is 8.81. The van der Waals surface area contributed by atoms with Crippen molar-refractivity contribution in [1.29, 1.82) is 0 Å². The van der Waals surface area contributed by atoms with Gasteiger partial charge in [-0.25, -0.2) is 0 Å². The van der Waals surface area contributed by atoms with Crippen LogP contribution in [0.25, 0.3) is 0 Å². The van der Waals surface area contributed by atoms with Crippen molar-refractivity contribution in [3.8, 4) is 0 Å². The molecule has 0 aliphatic heterocycles. The summed E-state index contributed by atoms with van der Waals surface area (Å²) >= 11 is 0. The molecule has 1 saturated carbocycles. The summed E-state index contributed by atoms with van der Waals surface area (Å²) in [5, 5.41) is 0. The molecule has 1 fully saturated rings. The van der Waals surface area contributed by atoms with E-state index in [1.807, 2.05) is 21.0 Å². The zero-order valence-corrected chi connectivity index (χ0v) is 14.6. The van der Waals surface area contributed by atoms with Crippen LogP contribution in [0.1, 0.15) is 98.8 Å². The molecule has 0 aromatic heterocycles. The molecule has 0 heterocycles. The van der Waals surface area contributed by atoms with Crippen molar-refractivity contribution in [3.05, 3.63) is 0 Å². The van der Waals surface area contributed by atoms with Crippen molar-refractivity contribution in [2.24, 2.45) is 5.92 Å². The number of rotatable bonds is 6. The van der Waals surface area contributed by atoms with E-state index in [0.717, 1.165) is 5.92 Å². The van der Waals surface area contributed by atoms with Crippen LogP contribution in [0.4, 0.5) is 0 Å². The lowest BCUT2D eigenvalue weighted by Crippen LogP contribution is -2.21. The largest absolute Gasteiger partial charge is 0.381 e. The summed E-state index contributed by atoms with van der Waals surface area (Å²) < 4.78 is 5.40. The van der Waals surface area contributed by atoms with E-state index in [1.165, 1.54) is 64.2 Å². The Bertz CT molecular complexity index is 143. The highest BCUT2D eigenvalue weighted by molar-refractivity contribution is 4.72. The molecule has 1 nitrogen and oxygen atoms in total. The minimum Gasteiger partial charge on any atom is -0.381 e. The summed E-state index contributed by atoms with van der Waals surface area (Å²) in [5.41, 5.74) is 0. The third kappa shape index (κ3) is 14.2. The van der Waals surface area contributed by atoms with E-state index in [0.29, 0.717) is 6.10 Å². The molecule has 0 amide bonds. The number of ether oxygens (including phenoxy) is 1. The molecular weight excluding hydrogens is 232 g/mol. The van der Waals surface area contributed by atoms with Gasteiger partial charge in [-0.3, -0.25) is 0 Å². The number of hydrogen-bond acceptors (Lipinski definition) is 1. The summed E-state index contributed by atoms with van der Waals surface area (Å²) in [4.78, 5) is 0. The van der Waals surface area contributed by atoms with Crippen LogP contribution in [0.2, 0.25) is 0 Å². The van der Waals surface area contributed by atoms with Gasteiger partial charge in [-0.1, -0.05) is 86.0 Å². The van der Waals surface area contributed by atoms with Crippen LogP contribution >= 0.6 is 0 Å². The Morgan fingerprint density at radius 3 is 1.89 bits per heavy atom. The Morgan fingerprint density at radius 2 is 1.47 bits per heavy atom. The molecule has 0 aromatic rings. The first kappa shape index (κ1) is 21.3. The molecule has 0 aromatic carbocycles. The topological polar surface area (TPSA) is 9.23 Å². The standard InChI is InChI=1S/C11H22O.C5H12.C2H6/c1-3-4-6-10-7-5-8-11(9-10)12-2;1-3-5-4-2;1-2/h10-11H,3-9H2,1-2H3;3-5H2,1-2H3;1-2H3. The van der Waals surface area contributed by atoms with Crippen molar-refractivity contribution in [2.45, 2.75) is 105 Å². The van der Waals surface area contributed by atoms with Crippen LogP contribution in [-0.2, 0) is 4.74 Å². The molecule has 1 heteroatoms. The summed E-state index contributed by atoms with van der Waals surface area (Å²) in [6.07, 6.45) is 14.3. The highest BCUT2D eigenvalue weighted by Crippen LogP contribution is 2.29. The fourth-order valence-corrected chi connectivity index (χ4v) is 2.56. The van der Waals surface area contributed by atoms with Crippen LogP contribution in [0.15, 0.2) is 0 Å². The second-order valence-corrected chi connectivity index (χ2v) is 5.39. The molecule has 0 N–H and O–H groups in total. The van der Waals surface area contributed by atoms with Gasteiger partial charge in [0.25, 0.3) is 0 Å². The average Bonchev–Trinajstić information content (AvgIpc) is 2.49. The van der Waals surface area contributed by atoms with Gasteiger partial charge in [0.05, 0.1) is 6.10 Å². The van der Waals surface area contributed by atoms with E-state index < -0.39 is 0 Å². The molecule has 0 spiro atoms. The Hall–Kier alpha value is -0.0400. The summed E-state index contributed by atoms with van der Waals surface area (Å²) in [6.45, 7) is 10.7. The van der Waals surface area contributed by atoms with E-state index in [-0.39, 0.29) is 0 Å². The lowest BCUT2D eigenvalue weighted by molar-refractivity contribution is 0.0486. The van der Waals surface area contributed by atoms with E-state index in [1.54, 1.807) is 0 Å². The summed E-state index contributed by atoms with van der Waals surface area (Å²) in [5.74, 6) is 0.962. The molecule has 2 atom stereocenters. The van der Waals surface area contributed by atoms with Gasteiger partial charge >= 0.3 is 0 Å². The molecule has 1 aliphatic rings. The normalized spacial score (nSPS) is 21.8. The minimum atomic E-state index is 0.570. The zero-order valence-electron chi connectivity index (χ0n) is 14.6. The van der Waals surface area contributed by atoms with Gasteiger partial charge in [0.15, 0.2) is 0 Å². The highest BCUT2D eigenvalue weighted by Gasteiger charge is 2.20. The minimum absolute atomic E-state index is 0.570. The monoisotopic (exact) mass is 272 g/mol. The van der Waals surface area contributed by atoms with Crippen LogP contribution in [0.5, 0.6) is 0 Å². The van der Waals surface area contributed by atoms with Crippen LogP contribution in [-0.4, -0.2) is 13.2 Å². The average molecular weight is 273 g/mol. The molecule has 0 saturated heterocycles. The van der Waals surface area contributed by atoms with Crippen LogP contribution in [0, 0.1) is 5.92 Å². The first-order valence-electron chi connectivity index (χ1n) is 8.81. The molecule has 0 radical (unpaired) electrons. The molecule has 1 rings (SSSR count). The maximum atomic E-state index is 5.40. The van der Waals surface area contributed by atoms with Crippen LogP contribution in [0.3, 0.4) is 0 Å². The predicted octanol–water partition coefficient (Wildman–Crippen LogP) is 6.60. The number of methoxy groups -OCH3 is 1. The van der Waals surface area contributed by atoms with Gasteiger partial charge in [-0.05, 0) is 18.8 Å². The molecule has 19 heavy (non-hydrogen) atoms. The van der Waals surface area contributed by atoms with E-state index in [9.17, 15) is 0 Å². The predicted molar refractivity (Wildman–Crippen MR) is 88.8 cm³/mol. The summed E-state index contributed by atoms with van der Waals surface area (Å²) in [7, 11) is 1.85. The molecule has 0 bridgehead atoms. The Kier molecular flexibility index (Phi) is 20.1. The zero-order chi connectivity index (χ0) is 14.9. The Morgan fingerprint density at radius 1 is 0.895 bits per heavy atom. The van der Waals surface area contributed by atoms with Gasteiger partial charge in [0, 0.05) is 7.11 Å². The Balaban J connectivity index is 0. The van der Waals surface area contributed by atoms with Gasteiger partial charge in [-0.2, -0.15) is 0 Å². The molecular formula is C18H40O. The first-order chi connectivity index (χ1) is 9.28. The fraction of sp³-hybridized carbons (Fsp3) is 1.00. The van der Waals surface area contributed by atoms with Gasteiger partial charge in [0.1, 0.15) is 0 Å². The van der Waals surface area contributed by atoms with E-state index in [4.69, 9.17) is 4.74 Å². The molecule has 1 aliphatic carbocycles. The van der Waals surface area contributed by atoms with E-state index >= 15 is 0 Å². The number of hydrogen-bond donors (Lipinski definition) is 0. The lowest BCUT2D eigenvalue weighted by Gasteiger charge is -2.27. The van der Waals surface area contributed by atoms with Crippen molar-refractivity contribution in [3.63, 3.8) is 0 Å². The van der Waals surface area contributed by atoms with E-state index in [2.05, 4.69) is 20.8 Å². The number of unbranched alkanes of at least 4 members (excludes halogenated alkanes) is 3. The third-order valence-corrected chi connectivity index (χ3v) is 3.74. The maximum Gasteiger partial charge on any atom is 0.0574 e. The van der Waals surface area contributed by atoms with Crippen molar-refractivity contribution in [1.82, 2.24) is 0 Å². The summed E-state index contributed by atoms with van der Waals surface area (Å²) in [6, 6.07) is 0. The molecule has 118 valence electrons. The van der Waals surface area contributed by atoms with Crippen molar-refractivity contribution < 1.29 is 4.74 Å². The quantitative estimate of drug-likeness (QED) is 0.529. The SMILES string of the molecule is CC.CCCCC.CCCCC1CCCC(OC)C1. The van der Waals surface area contributed by atoms with Gasteiger partial charge in [-0.15, -0.1) is 0 Å². The second kappa shape index (κ2) is 18.0. The highest BCUT2D eigenvalue weighted by atomic mass is 16.5. The van der Waals surface area contributed by atoms with Crippen LogP contribution < -0.4 is 0 Å². The second-order valence-electron chi connectivity index (χ2n) is 5.39. The van der Waals surface area contributed by atoms with Gasteiger partial charge in [0.2, 0.25) is 0 Å². The fourth-order valence-electron chi connectivity index (χ4n) is 2.56.